The lowest BCUT2D eigenvalue weighted by molar-refractivity contribution is 0.0693. The van der Waals surface area contributed by atoms with Gasteiger partial charge in [-0.3, -0.25) is 0 Å². The highest BCUT2D eigenvalue weighted by atomic mass is 16.5. The minimum absolute atomic E-state index is 0.203. The molecule has 1 aromatic heterocycles. The molecule has 0 unspecified atom stereocenters. The van der Waals surface area contributed by atoms with E-state index >= 15 is 0 Å². The van der Waals surface area contributed by atoms with Crippen LogP contribution in [0.1, 0.15) is 21.6 Å². The number of hydrogen-bond acceptors (Lipinski definition) is 2. The topological polar surface area (TPSA) is 51.5 Å². The van der Waals surface area contributed by atoms with Crippen molar-refractivity contribution in [3.05, 3.63) is 29.0 Å². The van der Waals surface area contributed by atoms with E-state index in [1.54, 1.807) is 6.07 Å². The Morgan fingerprint density at radius 3 is 2.53 bits per heavy atom. The molecular weight excluding hydrogens is 218 g/mol. The summed E-state index contributed by atoms with van der Waals surface area (Å²) in [6, 6.07) is 3.41. The normalized spacial score (nSPS) is 10.8. The molecular formula is C13H15NO3. The molecule has 0 saturated heterocycles. The van der Waals surface area contributed by atoms with E-state index in [9.17, 15) is 4.79 Å². The van der Waals surface area contributed by atoms with Gasteiger partial charge in [0.05, 0.1) is 12.6 Å². The Bertz CT molecular complexity index is 611. The second-order valence-electron chi connectivity index (χ2n) is 4.12. The van der Waals surface area contributed by atoms with Gasteiger partial charge in [-0.15, -0.1) is 0 Å². The maximum atomic E-state index is 11.1. The van der Waals surface area contributed by atoms with E-state index in [4.69, 9.17) is 9.84 Å². The second-order valence-corrected chi connectivity index (χ2v) is 4.12. The Morgan fingerprint density at radius 2 is 2.00 bits per heavy atom. The molecule has 0 radical (unpaired) electrons. The summed E-state index contributed by atoms with van der Waals surface area (Å²) in [5.41, 5.74) is 3.36. The largest absolute Gasteiger partial charge is 0.495 e. The van der Waals surface area contributed by atoms with Gasteiger partial charge >= 0.3 is 5.97 Å². The number of carboxylic acids is 1. The van der Waals surface area contributed by atoms with Crippen molar-refractivity contribution < 1.29 is 14.6 Å². The summed E-state index contributed by atoms with van der Waals surface area (Å²) < 4.78 is 7.32. The summed E-state index contributed by atoms with van der Waals surface area (Å²) in [6.07, 6.45) is 0. The fourth-order valence-corrected chi connectivity index (χ4v) is 2.21. The van der Waals surface area contributed by atoms with Gasteiger partial charge in [0, 0.05) is 18.1 Å². The van der Waals surface area contributed by atoms with E-state index in [1.807, 2.05) is 31.5 Å². The molecule has 4 nitrogen and oxygen atoms in total. The number of carbonyl (C=O) groups is 1. The van der Waals surface area contributed by atoms with Crippen LogP contribution in [0.5, 0.6) is 5.75 Å². The van der Waals surface area contributed by atoms with Gasteiger partial charge < -0.3 is 14.4 Å². The average Bonchev–Trinajstić information content (AvgIpc) is 2.53. The van der Waals surface area contributed by atoms with Crippen molar-refractivity contribution in [3.8, 4) is 5.75 Å². The first kappa shape index (κ1) is 11.5. The van der Waals surface area contributed by atoms with Crippen LogP contribution in [0.4, 0.5) is 0 Å². The van der Waals surface area contributed by atoms with E-state index < -0.39 is 5.97 Å². The van der Waals surface area contributed by atoms with Gasteiger partial charge in [0.1, 0.15) is 11.3 Å². The number of aromatic nitrogens is 1. The van der Waals surface area contributed by atoms with E-state index in [2.05, 4.69) is 0 Å². The molecule has 1 N–H and O–H groups in total. The van der Waals surface area contributed by atoms with Gasteiger partial charge in [-0.1, -0.05) is 0 Å². The molecule has 4 heteroatoms. The molecule has 0 aliphatic rings. The Morgan fingerprint density at radius 1 is 1.35 bits per heavy atom. The van der Waals surface area contributed by atoms with Crippen molar-refractivity contribution in [1.82, 2.24) is 4.57 Å². The predicted octanol–water partition coefficient (Wildman–Crippen LogP) is 2.50. The van der Waals surface area contributed by atoms with Crippen molar-refractivity contribution >= 4 is 16.9 Å². The maximum absolute atomic E-state index is 11.1. The zero-order valence-corrected chi connectivity index (χ0v) is 10.4. The number of nitrogens with zero attached hydrogens (tertiary/aromatic N) is 1. The van der Waals surface area contributed by atoms with Crippen LogP contribution in [0.15, 0.2) is 12.1 Å². The number of hydrogen-bond donors (Lipinski definition) is 1. The summed E-state index contributed by atoms with van der Waals surface area (Å²) in [7, 11) is 3.47. The maximum Gasteiger partial charge on any atom is 0.339 e. The first-order chi connectivity index (χ1) is 7.99. The number of fused-ring (bicyclic) bond motifs is 1. The molecule has 0 aliphatic heterocycles. The van der Waals surface area contributed by atoms with E-state index in [-0.39, 0.29) is 5.56 Å². The number of rotatable bonds is 2. The summed E-state index contributed by atoms with van der Waals surface area (Å²) in [4.78, 5) is 11.1. The number of aromatic carboxylic acids is 1. The highest BCUT2D eigenvalue weighted by molar-refractivity contribution is 6.01. The Hall–Kier alpha value is -1.97. The van der Waals surface area contributed by atoms with Crippen LogP contribution >= 0.6 is 0 Å². The average molecular weight is 233 g/mol. The van der Waals surface area contributed by atoms with E-state index in [0.717, 1.165) is 22.2 Å². The van der Waals surface area contributed by atoms with Gasteiger partial charge in [-0.05, 0) is 31.5 Å². The van der Waals surface area contributed by atoms with Gasteiger partial charge in [0.25, 0.3) is 0 Å². The number of carboxylic acid groups (broad SMARTS) is 1. The highest BCUT2D eigenvalue weighted by Crippen LogP contribution is 2.35. The van der Waals surface area contributed by atoms with Crippen LogP contribution < -0.4 is 4.74 Å². The van der Waals surface area contributed by atoms with Crippen molar-refractivity contribution in [2.45, 2.75) is 13.8 Å². The lowest BCUT2D eigenvalue weighted by Crippen LogP contribution is -2.01. The molecule has 2 aromatic rings. The van der Waals surface area contributed by atoms with Gasteiger partial charge in [0.2, 0.25) is 0 Å². The predicted molar refractivity (Wildman–Crippen MR) is 65.9 cm³/mol. The minimum atomic E-state index is -0.968. The molecule has 90 valence electrons. The first-order valence-corrected chi connectivity index (χ1v) is 5.35. The number of methoxy groups -OCH3 is 1. The number of aryl methyl sites for hydroxylation is 2. The lowest BCUT2D eigenvalue weighted by atomic mass is 10.1. The third-order valence-corrected chi connectivity index (χ3v) is 3.35. The fraction of sp³-hybridized carbons (Fsp3) is 0.308. The standard InChI is InChI=1S/C13H15NO3/c1-7-8(2)14(3)10-6-5-9(13(15)16)12(17-4)11(7)10/h5-6H,1-4H3,(H,15,16). The van der Waals surface area contributed by atoms with Crippen LogP contribution in [-0.2, 0) is 7.05 Å². The second kappa shape index (κ2) is 3.80. The van der Waals surface area contributed by atoms with E-state index in [0.29, 0.717) is 5.75 Å². The SMILES string of the molecule is COc1c(C(=O)O)ccc2c1c(C)c(C)n2C. The monoisotopic (exact) mass is 233 g/mol. The Kier molecular flexibility index (Phi) is 2.58. The van der Waals surface area contributed by atoms with Crippen molar-refractivity contribution in [2.24, 2.45) is 7.05 Å². The molecule has 17 heavy (non-hydrogen) atoms. The summed E-state index contributed by atoms with van der Waals surface area (Å²) in [6.45, 7) is 3.99. The van der Waals surface area contributed by atoms with Crippen LogP contribution in [0.25, 0.3) is 10.9 Å². The molecule has 1 heterocycles. The number of benzene rings is 1. The molecule has 0 saturated carbocycles. The highest BCUT2D eigenvalue weighted by Gasteiger charge is 2.19. The fourth-order valence-electron chi connectivity index (χ4n) is 2.21. The van der Waals surface area contributed by atoms with Gasteiger partial charge in [-0.2, -0.15) is 0 Å². The smallest absolute Gasteiger partial charge is 0.339 e. The van der Waals surface area contributed by atoms with Crippen molar-refractivity contribution in [3.63, 3.8) is 0 Å². The quantitative estimate of drug-likeness (QED) is 0.867. The first-order valence-electron chi connectivity index (χ1n) is 5.35. The van der Waals surface area contributed by atoms with Gasteiger partial charge in [0.15, 0.2) is 0 Å². The van der Waals surface area contributed by atoms with Crippen LogP contribution in [0.2, 0.25) is 0 Å². The Labute approximate surface area is 99.4 Å². The summed E-state index contributed by atoms with van der Waals surface area (Å²) in [5.74, 6) is -0.527. The third kappa shape index (κ3) is 1.48. The molecule has 0 fully saturated rings. The van der Waals surface area contributed by atoms with Gasteiger partial charge in [-0.25, -0.2) is 4.79 Å². The Balaban J connectivity index is 2.96. The third-order valence-electron chi connectivity index (χ3n) is 3.35. The van der Waals surface area contributed by atoms with Crippen LogP contribution in [0, 0.1) is 13.8 Å². The minimum Gasteiger partial charge on any atom is -0.495 e. The molecule has 0 spiro atoms. The molecule has 1 aromatic carbocycles. The number of ether oxygens (including phenoxy) is 1. The zero-order chi connectivity index (χ0) is 12.7. The zero-order valence-electron chi connectivity index (χ0n) is 10.4. The molecule has 0 bridgehead atoms. The van der Waals surface area contributed by atoms with E-state index in [1.165, 1.54) is 7.11 Å². The van der Waals surface area contributed by atoms with Crippen molar-refractivity contribution in [2.75, 3.05) is 7.11 Å². The summed E-state index contributed by atoms with van der Waals surface area (Å²) in [5, 5.41) is 10.0. The van der Waals surface area contributed by atoms with Crippen LogP contribution in [0.3, 0.4) is 0 Å². The molecule has 0 aliphatic carbocycles. The van der Waals surface area contributed by atoms with Crippen molar-refractivity contribution in [1.29, 1.82) is 0 Å². The molecule has 0 atom stereocenters. The lowest BCUT2D eigenvalue weighted by Gasteiger charge is -2.07. The molecule has 0 amide bonds. The van der Waals surface area contributed by atoms with Crippen LogP contribution in [-0.4, -0.2) is 22.8 Å². The molecule has 2 rings (SSSR count). The summed E-state index contributed by atoms with van der Waals surface area (Å²) >= 11 is 0.